The van der Waals surface area contributed by atoms with Gasteiger partial charge in [0.15, 0.2) is 0 Å². The lowest BCUT2D eigenvalue weighted by atomic mass is 10.0. The fourth-order valence-corrected chi connectivity index (χ4v) is 2.51. The van der Waals surface area contributed by atoms with E-state index in [1.54, 1.807) is 11.3 Å². The molecule has 0 radical (unpaired) electrons. The van der Waals surface area contributed by atoms with E-state index in [2.05, 4.69) is 49.3 Å². The Balaban J connectivity index is 2.14. The number of hydrogen-bond acceptors (Lipinski definition) is 4. The molecule has 2 rings (SSSR count). The molecular weight excluding hydrogens is 256 g/mol. The van der Waals surface area contributed by atoms with Gasteiger partial charge in [-0.1, -0.05) is 19.1 Å². The summed E-state index contributed by atoms with van der Waals surface area (Å²) >= 11 is 1.62. The Kier molecular flexibility index (Phi) is 4.93. The van der Waals surface area contributed by atoms with Gasteiger partial charge in [0.25, 0.3) is 0 Å². The first-order chi connectivity index (χ1) is 9.20. The lowest BCUT2D eigenvalue weighted by molar-refractivity contribution is 0.303. The highest BCUT2D eigenvalue weighted by Gasteiger charge is 2.11. The Morgan fingerprint density at radius 1 is 1.42 bits per heavy atom. The van der Waals surface area contributed by atoms with Crippen LogP contribution in [0.5, 0.6) is 5.75 Å². The molecule has 0 aliphatic rings. The van der Waals surface area contributed by atoms with E-state index in [9.17, 15) is 0 Å². The van der Waals surface area contributed by atoms with E-state index in [1.807, 2.05) is 11.7 Å². The molecule has 102 valence electrons. The quantitative estimate of drug-likeness (QED) is 0.873. The van der Waals surface area contributed by atoms with Crippen LogP contribution in [0.4, 0.5) is 0 Å². The topological polar surface area (TPSA) is 34.1 Å². The van der Waals surface area contributed by atoms with Gasteiger partial charge in [0.1, 0.15) is 12.4 Å². The average Bonchev–Trinajstić information content (AvgIpc) is 2.89. The summed E-state index contributed by atoms with van der Waals surface area (Å²) in [6, 6.07) is 6.67. The van der Waals surface area contributed by atoms with E-state index in [1.165, 1.54) is 11.1 Å². The van der Waals surface area contributed by atoms with E-state index < -0.39 is 0 Å². The summed E-state index contributed by atoms with van der Waals surface area (Å²) < 4.78 is 5.96. The molecule has 19 heavy (non-hydrogen) atoms. The SMILES string of the molecule is CCNC(C)c1ccc(C)cc1OCc1cncs1. The van der Waals surface area contributed by atoms with Crippen molar-refractivity contribution in [2.45, 2.75) is 33.4 Å². The summed E-state index contributed by atoms with van der Waals surface area (Å²) in [5, 5.41) is 3.43. The summed E-state index contributed by atoms with van der Waals surface area (Å²) in [6.45, 7) is 7.89. The number of nitrogens with zero attached hydrogens (tertiary/aromatic N) is 1. The van der Waals surface area contributed by atoms with Crippen molar-refractivity contribution >= 4 is 11.3 Å². The van der Waals surface area contributed by atoms with Crippen LogP contribution in [0.15, 0.2) is 29.9 Å². The molecule has 0 amide bonds. The van der Waals surface area contributed by atoms with Crippen LogP contribution < -0.4 is 10.1 Å². The number of ether oxygens (including phenoxy) is 1. The van der Waals surface area contributed by atoms with E-state index in [-0.39, 0.29) is 0 Å². The van der Waals surface area contributed by atoms with Crippen molar-refractivity contribution in [1.82, 2.24) is 10.3 Å². The zero-order valence-corrected chi connectivity index (χ0v) is 12.5. The Morgan fingerprint density at radius 3 is 2.95 bits per heavy atom. The Bertz CT molecular complexity index is 511. The minimum absolute atomic E-state index is 0.294. The smallest absolute Gasteiger partial charge is 0.124 e. The molecule has 0 bridgehead atoms. The first kappa shape index (κ1) is 14.0. The number of nitrogens with one attached hydrogen (secondary N) is 1. The van der Waals surface area contributed by atoms with Crippen molar-refractivity contribution in [2.75, 3.05) is 6.54 Å². The molecule has 0 aliphatic heterocycles. The largest absolute Gasteiger partial charge is 0.488 e. The average molecular weight is 276 g/mol. The Morgan fingerprint density at radius 2 is 2.26 bits per heavy atom. The molecule has 0 fully saturated rings. The predicted octanol–water partition coefficient (Wildman–Crippen LogP) is 3.70. The van der Waals surface area contributed by atoms with E-state index in [4.69, 9.17) is 4.74 Å². The van der Waals surface area contributed by atoms with Crippen molar-refractivity contribution < 1.29 is 4.74 Å². The molecule has 1 N–H and O–H groups in total. The fraction of sp³-hybridized carbons (Fsp3) is 0.400. The van der Waals surface area contributed by atoms with Crippen LogP contribution in [0.25, 0.3) is 0 Å². The summed E-state index contributed by atoms with van der Waals surface area (Å²) in [6.07, 6.45) is 1.86. The van der Waals surface area contributed by atoms with Crippen molar-refractivity contribution in [2.24, 2.45) is 0 Å². The third-order valence-corrected chi connectivity index (χ3v) is 3.75. The van der Waals surface area contributed by atoms with E-state index in [0.717, 1.165) is 17.2 Å². The van der Waals surface area contributed by atoms with Crippen LogP contribution in [0, 0.1) is 6.92 Å². The number of aromatic nitrogens is 1. The monoisotopic (exact) mass is 276 g/mol. The van der Waals surface area contributed by atoms with Gasteiger partial charge in [0, 0.05) is 17.8 Å². The van der Waals surface area contributed by atoms with Gasteiger partial charge in [-0.2, -0.15) is 0 Å². The second-order valence-electron chi connectivity index (χ2n) is 4.58. The van der Waals surface area contributed by atoms with Gasteiger partial charge in [-0.25, -0.2) is 0 Å². The van der Waals surface area contributed by atoms with Crippen LogP contribution in [-0.4, -0.2) is 11.5 Å². The predicted molar refractivity (Wildman–Crippen MR) is 79.7 cm³/mol. The molecule has 4 heteroatoms. The maximum absolute atomic E-state index is 5.96. The van der Waals surface area contributed by atoms with E-state index >= 15 is 0 Å². The first-order valence-corrected chi connectivity index (χ1v) is 7.42. The molecule has 2 aromatic rings. The molecule has 1 atom stereocenters. The van der Waals surface area contributed by atoms with Crippen LogP contribution in [0.1, 0.15) is 35.9 Å². The van der Waals surface area contributed by atoms with Crippen molar-refractivity contribution in [3.8, 4) is 5.75 Å². The maximum atomic E-state index is 5.96. The third-order valence-electron chi connectivity index (χ3n) is 3.00. The second kappa shape index (κ2) is 6.68. The lowest BCUT2D eigenvalue weighted by Gasteiger charge is -2.18. The minimum atomic E-state index is 0.294. The highest BCUT2D eigenvalue weighted by Crippen LogP contribution is 2.27. The fourth-order valence-electron chi connectivity index (χ4n) is 2.00. The molecule has 3 nitrogen and oxygen atoms in total. The van der Waals surface area contributed by atoms with Gasteiger partial charge < -0.3 is 10.1 Å². The number of thiazole rings is 1. The summed E-state index contributed by atoms with van der Waals surface area (Å²) in [7, 11) is 0. The molecule has 1 aromatic heterocycles. The highest BCUT2D eigenvalue weighted by molar-refractivity contribution is 7.09. The van der Waals surface area contributed by atoms with Crippen molar-refractivity contribution in [3.63, 3.8) is 0 Å². The molecule has 1 heterocycles. The molecule has 0 saturated carbocycles. The van der Waals surface area contributed by atoms with Crippen LogP contribution >= 0.6 is 11.3 Å². The molecule has 1 aromatic carbocycles. The van der Waals surface area contributed by atoms with Crippen LogP contribution in [0.3, 0.4) is 0 Å². The van der Waals surface area contributed by atoms with Crippen LogP contribution in [0.2, 0.25) is 0 Å². The van der Waals surface area contributed by atoms with Crippen molar-refractivity contribution in [1.29, 1.82) is 0 Å². The van der Waals surface area contributed by atoms with Gasteiger partial charge in [-0.15, -0.1) is 11.3 Å². The summed E-state index contributed by atoms with van der Waals surface area (Å²) in [4.78, 5) is 5.21. The molecule has 0 saturated heterocycles. The standard InChI is InChI=1S/C15H20N2OS/c1-4-17-12(3)14-6-5-11(2)7-15(14)18-9-13-8-16-10-19-13/h5-8,10,12,17H,4,9H2,1-3H3. The van der Waals surface area contributed by atoms with Crippen LogP contribution in [-0.2, 0) is 6.61 Å². The molecule has 0 spiro atoms. The number of aryl methyl sites for hydroxylation is 1. The lowest BCUT2D eigenvalue weighted by Crippen LogP contribution is -2.18. The van der Waals surface area contributed by atoms with Gasteiger partial charge in [-0.05, 0) is 32.0 Å². The van der Waals surface area contributed by atoms with Gasteiger partial charge >= 0.3 is 0 Å². The second-order valence-corrected chi connectivity index (χ2v) is 5.55. The van der Waals surface area contributed by atoms with Gasteiger partial charge in [0.2, 0.25) is 0 Å². The molecule has 0 aliphatic carbocycles. The highest BCUT2D eigenvalue weighted by atomic mass is 32.1. The Labute approximate surface area is 118 Å². The van der Waals surface area contributed by atoms with Gasteiger partial charge in [0.05, 0.1) is 10.4 Å². The van der Waals surface area contributed by atoms with E-state index in [0.29, 0.717) is 12.6 Å². The third kappa shape index (κ3) is 3.78. The number of benzene rings is 1. The molecule has 1 unspecified atom stereocenters. The maximum Gasteiger partial charge on any atom is 0.124 e. The number of hydrogen-bond donors (Lipinski definition) is 1. The summed E-state index contributed by atoms with van der Waals surface area (Å²) in [5.41, 5.74) is 4.25. The first-order valence-electron chi connectivity index (χ1n) is 6.54. The minimum Gasteiger partial charge on any atom is -0.488 e. The zero-order chi connectivity index (χ0) is 13.7. The number of rotatable bonds is 6. The van der Waals surface area contributed by atoms with Gasteiger partial charge in [-0.3, -0.25) is 4.98 Å². The normalized spacial score (nSPS) is 12.4. The molecular formula is C15H20N2OS. The Hall–Kier alpha value is -1.39. The summed E-state index contributed by atoms with van der Waals surface area (Å²) in [5.74, 6) is 0.960. The van der Waals surface area contributed by atoms with Crippen molar-refractivity contribution in [3.05, 3.63) is 45.9 Å². The zero-order valence-electron chi connectivity index (χ0n) is 11.6.